The highest BCUT2D eigenvalue weighted by Crippen LogP contribution is 2.11. The standard InChI is InChI=1S/C55H88O5/c1-4-7-10-13-16-19-21-23-25-27-28-30-31-33-35-37-39-42-45-48-54(56)59-52-53(51-58-50-47-44-41-18-15-12-9-6-3)60-55(57)49-46-43-40-38-36-34-32-29-26-24-22-20-17-14-11-8-5-2/h7-8,10-11,16-17,19-20,23-26,28,30,32-35,39,42,53H,4-6,9,12-15,18,21-22,27,29,31,36-38,40-41,43-52H2,1-3H3/b10-7-,11-8-,19-16-,20-17-,25-23-,26-24-,30-28-,34-32-,35-33-,42-39-. The molecule has 0 fully saturated rings. The van der Waals surface area contributed by atoms with E-state index in [2.05, 4.69) is 136 Å². The lowest BCUT2D eigenvalue weighted by atomic mass is 10.1. The van der Waals surface area contributed by atoms with Gasteiger partial charge in [0.2, 0.25) is 0 Å². The number of hydrogen-bond donors (Lipinski definition) is 0. The summed E-state index contributed by atoms with van der Waals surface area (Å²) in [5.41, 5.74) is 0. The second-order valence-corrected chi connectivity index (χ2v) is 15.3. The highest BCUT2D eigenvalue weighted by Gasteiger charge is 2.17. The first-order valence-electron chi connectivity index (χ1n) is 24.1. The van der Waals surface area contributed by atoms with Gasteiger partial charge in [-0.15, -0.1) is 0 Å². The molecule has 0 aliphatic heterocycles. The minimum atomic E-state index is -0.584. The van der Waals surface area contributed by atoms with Crippen molar-refractivity contribution >= 4 is 11.9 Å². The van der Waals surface area contributed by atoms with Crippen LogP contribution >= 0.6 is 0 Å². The van der Waals surface area contributed by atoms with Gasteiger partial charge in [0.15, 0.2) is 6.10 Å². The van der Waals surface area contributed by atoms with Gasteiger partial charge in [0.1, 0.15) is 6.61 Å². The summed E-state index contributed by atoms with van der Waals surface area (Å²) < 4.78 is 17.2. The van der Waals surface area contributed by atoms with Gasteiger partial charge in [-0.3, -0.25) is 9.59 Å². The van der Waals surface area contributed by atoms with Crippen LogP contribution in [-0.2, 0) is 23.8 Å². The topological polar surface area (TPSA) is 61.8 Å². The van der Waals surface area contributed by atoms with E-state index in [1.165, 1.54) is 38.5 Å². The zero-order valence-corrected chi connectivity index (χ0v) is 38.7. The molecule has 338 valence electrons. The molecule has 0 heterocycles. The van der Waals surface area contributed by atoms with Crippen molar-refractivity contribution in [2.24, 2.45) is 0 Å². The van der Waals surface area contributed by atoms with E-state index in [-0.39, 0.29) is 25.2 Å². The molecular formula is C55H88O5. The van der Waals surface area contributed by atoms with Gasteiger partial charge in [-0.25, -0.2) is 0 Å². The molecule has 0 aliphatic carbocycles. The van der Waals surface area contributed by atoms with Crippen LogP contribution in [0.1, 0.15) is 188 Å². The van der Waals surface area contributed by atoms with Crippen LogP contribution < -0.4 is 0 Å². The molecule has 0 aromatic heterocycles. The Kier molecular flexibility index (Phi) is 46.6. The molecule has 5 heteroatoms. The predicted octanol–water partition coefficient (Wildman–Crippen LogP) is 16.2. The molecule has 0 aromatic rings. The molecule has 1 unspecified atom stereocenters. The van der Waals surface area contributed by atoms with Gasteiger partial charge < -0.3 is 14.2 Å². The van der Waals surface area contributed by atoms with E-state index >= 15 is 0 Å². The smallest absolute Gasteiger partial charge is 0.306 e. The summed E-state index contributed by atoms with van der Waals surface area (Å²) in [6, 6.07) is 0. The zero-order valence-electron chi connectivity index (χ0n) is 38.7. The van der Waals surface area contributed by atoms with E-state index in [9.17, 15) is 9.59 Å². The third kappa shape index (κ3) is 47.0. The Morgan fingerprint density at radius 3 is 1.27 bits per heavy atom. The maximum atomic E-state index is 12.7. The van der Waals surface area contributed by atoms with Gasteiger partial charge in [-0.05, 0) is 96.3 Å². The maximum absolute atomic E-state index is 12.7. The summed E-state index contributed by atoms with van der Waals surface area (Å²) in [7, 11) is 0. The van der Waals surface area contributed by atoms with Crippen LogP contribution in [0.4, 0.5) is 0 Å². The number of carbonyl (C=O) groups excluding carboxylic acids is 2. The van der Waals surface area contributed by atoms with Crippen LogP contribution in [0.2, 0.25) is 0 Å². The largest absolute Gasteiger partial charge is 0.462 e. The Balaban J connectivity index is 4.38. The van der Waals surface area contributed by atoms with Crippen LogP contribution in [0, 0.1) is 0 Å². The number of rotatable bonds is 42. The summed E-state index contributed by atoms with van der Waals surface area (Å²) in [5.74, 6) is -0.532. The fraction of sp³-hybridized carbons (Fsp3) is 0.600. The summed E-state index contributed by atoms with van der Waals surface area (Å²) in [6.45, 7) is 7.45. The first kappa shape index (κ1) is 56.3. The van der Waals surface area contributed by atoms with E-state index in [0.717, 1.165) is 109 Å². The molecule has 0 saturated heterocycles. The minimum absolute atomic E-state index is 0.0284. The molecule has 0 N–H and O–H groups in total. The lowest BCUT2D eigenvalue weighted by Crippen LogP contribution is -2.30. The summed E-state index contributed by atoms with van der Waals surface area (Å²) in [4.78, 5) is 25.3. The third-order valence-corrected chi connectivity index (χ3v) is 9.51. The molecule has 5 nitrogen and oxygen atoms in total. The average Bonchev–Trinajstić information content (AvgIpc) is 3.25. The molecule has 0 amide bonds. The fourth-order valence-electron chi connectivity index (χ4n) is 6.00. The van der Waals surface area contributed by atoms with Gasteiger partial charge in [-0.2, -0.15) is 0 Å². The van der Waals surface area contributed by atoms with Crippen LogP contribution in [0.3, 0.4) is 0 Å². The SMILES string of the molecule is CC/C=C\C/C=C\C/C=C\C/C=C\C/C=C\C/C=C\CCC(=O)OCC(COCCCCCCCCCC)OC(=O)CCCCCC/C=C\C/C=C\C/C=C\C/C=C\CC. The van der Waals surface area contributed by atoms with Crippen LogP contribution in [0.15, 0.2) is 122 Å². The maximum Gasteiger partial charge on any atom is 0.306 e. The number of allylic oxidation sites excluding steroid dienone is 20. The highest BCUT2D eigenvalue weighted by molar-refractivity contribution is 5.70. The van der Waals surface area contributed by atoms with Crippen molar-refractivity contribution in [3.05, 3.63) is 122 Å². The lowest BCUT2D eigenvalue weighted by Gasteiger charge is -2.18. The quantitative estimate of drug-likeness (QED) is 0.0348. The van der Waals surface area contributed by atoms with E-state index in [4.69, 9.17) is 14.2 Å². The number of esters is 2. The highest BCUT2D eigenvalue weighted by atomic mass is 16.6. The average molecular weight is 829 g/mol. The molecule has 0 rings (SSSR count). The molecule has 0 aromatic carbocycles. The first-order chi connectivity index (χ1) is 29.6. The molecule has 0 bridgehead atoms. The van der Waals surface area contributed by atoms with E-state index in [0.29, 0.717) is 25.9 Å². The summed E-state index contributed by atoms with van der Waals surface area (Å²) in [5, 5.41) is 0. The van der Waals surface area contributed by atoms with Crippen molar-refractivity contribution in [3.63, 3.8) is 0 Å². The van der Waals surface area contributed by atoms with Crippen molar-refractivity contribution in [2.45, 2.75) is 194 Å². The van der Waals surface area contributed by atoms with Gasteiger partial charge in [0.25, 0.3) is 0 Å². The predicted molar refractivity (Wildman–Crippen MR) is 260 cm³/mol. The molecule has 0 radical (unpaired) electrons. The molecule has 0 aliphatic rings. The van der Waals surface area contributed by atoms with Crippen molar-refractivity contribution in [3.8, 4) is 0 Å². The Morgan fingerprint density at radius 2 is 0.783 bits per heavy atom. The van der Waals surface area contributed by atoms with E-state index < -0.39 is 6.10 Å². The van der Waals surface area contributed by atoms with Crippen LogP contribution in [-0.4, -0.2) is 37.9 Å². The second-order valence-electron chi connectivity index (χ2n) is 15.3. The third-order valence-electron chi connectivity index (χ3n) is 9.51. The van der Waals surface area contributed by atoms with E-state index in [1.54, 1.807) is 0 Å². The zero-order chi connectivity index (χ0) is 43.5. The molecule has 0 saturated carbocycles. The van der Waals surface area contributed by atoms with Gasteiger partial charge >= 0.3 is 11.9 Å². The molecule has 0 spiro atoms. The van der Waals surface area contributed by atoms with Gasteiger partial charge in [-0.1, -0.05) is 200 Å². The molecular weight excluding hydrogens is 741 g/mol. The van der Waals surface area contributed by atoms with Gasteiger partial charge in [0.05, 0.1) is 6.61 Å². The van der Waals surface area contributed by atoms with E-state index in [1.807, 2.05) is 6.08 Å². The van der Waals surface area contributed by atoms with Crippen molar-refractivity contribution < 1.29 is 23.8 Å². The van der Waals surface area contributed by atoms with Crippen molar-refractivity contribution in [1.29, 1.82) is 0 Å². The first-order valence-corrected chi connectivity index (χ1v) is 24.1. The normalized spacial score (nSPS) is 13.3. The number of carbonyl (C=O) groups is 2. The number of hydrogen-bond acceptors (Lipinski definition) is 5. The van der Waals surface area contributed by atoms with Crippen molar-refractivity contribution in [2.75, 3.05) is 19.8 Å². The lowest BCUT2D eigenvalue weighted by molar-refractivity contribution is -0.162. The number of unbranched alkanes of at least 4 members (excludes halogenated alkanes) is 11. The second kappa shape index (κ2) is 49.7. The van der Waals surface area contributed by atoms with Crippen LogP contribution in [0.5, 0.6) is 0 Å². The molecule has 1 atom stereocenters. The Bertz CT molecular complexity index is 1260. The Hall–Kier alpha value is -3.70. The Morgan fingerprint density at radius 1 is 0.383 bits per heavy atom. The van der Waals surface area contributed by atoms with Crippen LogP contribution in [0.25, 0.3) is 0 Å². The van der Waals surface area contributed by atoms with Gasteiger partial charge in [0, 0.05) is 19.4 Å². The minimum Gasteiger partial charge on any atom is -0.462 e. The number of ether oxygens (including phenoxy) is 3. The fourth-order valence-corrected chi connectivity index (χ4v) is 6.00. The summed E-state index contributed by atoms with van der Waals surface area (Å²) >= 11 is 0. The Labute approximate surface area is 369 Å². The van der Waals surface area contributed by atoms with Crippen molar-refractivity contribution in [1.82, 2.24) is 0 Å². The summed E-state index contributed by atoms with van der Waals surface area (Å²) in [6.07, 6.45) is 69.3. The molecule has 60 heavy (non-hydrogen) atoms. The monoisotopic (exact) mass is 829 g/mol.